The minimum absolute atomic E-state index is 0.177. The first-order valence-corrected chi connectivity index (χ1v) is 16.5. The molecule has 0 radical (unpaired) electrons. The molecule has 6 rings (SSSR count). The number of carbonyl (C=O) groups excluding carboxylic acids is 2. The minimum Gasteiger partial charge on any atom is -0.464 e. The van der Waals surface area contributed by atoms with Gasteiger partial charge in [-0.25, -0.2) is 9.78 Å². The Bertz CT molecular complexity index is 1800. The van der Waals surface area contributed by atoms with Crippen molar-refractivity contribution < 1.29 is 18.7 Å². The van der Waals surface area contributed by atoms with E-state index in [9.17, 15) is 14.4 Å². The Morgan fingerprint density at radius 3 is 2.81 bits per heavy atom. The zero-order valence-corrected chi connectivity index (χ0v) is 25.6. The number of ether oxygens (including phenoxy) is 1. The molecule has 1 aromatic carbocycles. The summed E-state index contributed by atoms with van der Waals surface area (Å²) in [5, 5.41) is 6.44. The van der Waals surface area contributed by atoms with E-state index in [1.165, 1.54) is 34.4 Å². The first-order valence-electron chi connectivity index (χ1n) is 13.8. The number of benzene rings is 1. The number of thioether (sulfide) groups is 1. The van der Waals surface area contributed by atoms with Crippen molar-refractivity contribution in [3.63, 3.8) is 0 Å². The van der Waals surface area contributed by atoms with Gasteiger partial charge in [-0.15, -0.1) is 22.7 Å². The summed E-state index contributed by atoms with van der Waals surface area (Å²) in [7, 11) is 0. The minimum atomic E-state index is -0.386. The van der Waals surface area contributed by atoms with E-state index in [1.807, 2.05) is 41.8 Å². The number of furan rings is 1. The molecule has 1 unspecified atom stereocenters. The Labute approximate surface area is 254 Å². The lowest BCUT2D eigenvalue weighted by Crippen LogP contribution is -2.22. The lowest BCUT2D eigenvalue weighted by Gasteiger charge is -2.18. The fraction of sp³-hybridized carbons (Fsp3) is 0.290. The standard InChI is InChI=1S/C31H29N3O5S3/c1-3-38-30(37)26-20-12-11-18(2)16-23(20)42-28(26)32-24(35)13-15-40-31-33-27-25(21(17-41-27)22-10-7-14-39-22)29(36)34(31)19-8-5-4-6-9-19/h4-10,14,17-18H,3,11-13,15-16H2,1-2H3,(H,32,35). The van der Waals surface area contributed by atoms with Gasteiger partial charge in [-0.2, -0.15) is 0 Å². The number of nitrogens with one attached hydrogen (secondary N) is 1. The van der Waals surface area contributed by atoms with E-state index >= 15 is 0 Å². The average molecular weight is 620 g/mol. The summed E-state index contributed by atoms with van der Waals surface area (Å²) < 4.78 is 12.5. The fourth-order valence-corrected chi connectivity index (χ4v) is 8.50. The molecule has 1 amide bonds. The van der Waals surface area contributed by atoms with E-state index in [-0.39, 0.29) is 30.5 Å². The van der Waals surface area contributed by atoms with Gasteiger partial charge in [0.2, 0.25) is 5.91 Å². The third-order valence-electron chi connectivity index (χ3n) is 7.18. The van der Waals surface area contributed by atoms with Crippen molar-refractivity contribution in [2.45, 2.75) is 44.7 Å². The highest BCUT2D eigenvalue weighted by Gasteiger charge is 2.29. The van der Waals surface area contributed by atoms with Crippen molar-refractivity contribution in [3.05, 3.63) is 80.5 Å². The lowest BCUT2D eigenvalue weighted by molar-refractivity contribution is -0.115. The molecule has 5 aromatic rings. The molecule has 0 bridgehead atoms. The van der Waals surface area contributed by atoms with E-state index in [0.29, 0.717) is 54.6 Å². The van der Waals surface area contributed by atoms with Gasteiger partial charge in [0.1, 0.15) is 15.6 Å². The molecular weight excluding hydrogens is 591 g/mol. The number of hydrogen-bond acceptors (Lipinski definition) is 9. The summed E-state index contributed by atoms with van der Waals surface area (Å²) in [6, 6.07) is 13.0. The van der Waals surface area contributed by atoms with E-state index < -0.39 is 0 Å². The molecule has 4 heterocycles. The SMILES string of the molecule is CCOC(=O)c1c(NC(=O)CCSc2nc3scc(-c4ccco4)c3c(=O)n2-c2ccccc2)sc2c1CCC(C)C2. The van der Waals surface area contributed by atoms with Crippen molar-refractivity contribution in [1.29, 1.82) is 0 Å². The van der Waals surface area contributed by atoms with Gasteiger partial charge >= 0.3 is 5.97 Å². The number of fused-ring (bicyclic) bond motifs is 2. The Kier molecular flexibility index (Phi) is 8.32. The van der Waals surface area contributed by atoms with Crippen LogP contribution in [0.4, 0.5) is 5.00 Å². The maximum absolute atomic E-state index is 13.9. The molecule has 0 saturated carbocycles. The predicted octanol–water partition coefficient (Wildman–Crippen LogP) is 7.19. The normalized spacial score (nSPS) is 14.6. The number of esters is 1. The van der Waals surface area contributed by atoms with Gasteiger partial charge in [0, 0.05) is 28.0 Å². The summed E-state index contributed by atoms with van der Waals surface area (Å²) in [6.45, 7) is 4.26. The third-order valence-corrected chi connectivity index (χ3v) is 10.2. The van der Waals surface area contributed by atoms with Gasteiger partial charge in [-0.3, -0.25) is 14.2 Å². The number of carbonyl (C=O) groups is 2. The summed E-state index contributed by atoms with van der Waals surface area (Å²) in [6.07, 6.45) is 4.47. The maximum Gasteiger partial charge on any atom is 0.341 e. The molecule has 0 fully saturated rings. The first-order chi connectivity index (χ1) is 20.4. The van der Waals surface area contributed by atoms with E-state index in [4.69, 9.17) is 14.1 Å². The predicted molar refractivity (Wildman–Crippen MR) is 168 cm³/mol. The molecule has 0 spiro atoms. The molecule has 1 aliphatic carbocycles. The second-order valence-corrected chi connectivity index (χ2v) is 13.1. The average Bonchev–Trinajstić information content (AvgIpc) is 3.72. The zero-order valence-electron chi connectivity index (χ0n) is 23.2. The number of hydrogen-bond donors (Lipinski definition) is 1. The highest BCUT2D eigenvalue weighted by Crippen LogP contribution is 2.40. The lowest BCUT2D eigenvalue weighted by atomic mass is 9.88. The van der Waals surface area contributed by atoms with Crippen LogP contribution < -0.4 is 10.9 Å². The Hall–Kier alpha value is -3.67. The molecule has 42 heavy (non-hydrogen) atoms. The second kappa shape index (κ2) is 12.3. The summed E-state index contributed by atoms with van der Waals surface area (Å²) >= 11 is 4.22. The number of nitrogens with zero attached hydrogens (tertiary/aromatic N) is 2. The van der Waals surface area contributed by atoms with Crippen LogP contribution in [0.15, 0.2) is 68.5 Å². The van der Waals surface area contributed by atoms with Gasteiger partial charge < -0.3 is 14.5 Å². The zero-order chi connectivity index (χ0) is 29.2. The van der Waals surface area contributed by atoms with Crippen LogP contribution >= 0.6 is 34.4 Å². The third kappa shape index (κ3) is 5.56. The van der Waals surface area contributed by atoms with Gasteiger partial charge in [0.25, 0.3) is 5.56 Å². The largest absolute Gasteiger partial charge is 0.464 e. The molecule has 1 atom stereocenters. The van der Waals surface area contributed by atoms with Crippen molar-refractivity contribution in [2.24, 2.45) is 5.92 Å². The molecular formula is C31H29N3O5S3. The van der Waals surface area contributed by atoms with E-state index in [0.717, 1.165) is 29.7 Å². The van der Waals surface area contributed by atoms with E-state index in [1.54, 1.807) is 23.8 Å². The number of para-hydroxylation sites is 1. The Morgan fingerprint density at radius 2 is 2.05 bits per heavy atom. The van der Waals surface area contributed by atoms with Crippen LogP contribution in [0, 0.1) is 5.92 Å². The molecule has 8 nitrogen and oxygen atoms in total. The highest BCUT2D eigenvalue weighted by atomic mass is 32.2. The Balaban J connectivity index is 1.25. The quantitative estimate of drug-likeness (QED) is 0.106. The van der Waals surface area contributed by atoms with Crippen LogP contribution in [0.25, 0.3) is 27.2 Å². The summed E-state index contributed by atoms with van der Waals surface area (Å²) in [4.78, 5) is 46.4. The van der Waals surface area contributed by atoms with Crippen molar-refractivity contribution in [1.82, 2.24) is 9.55 Å². The van der Waals surface area contributed by atoms with Crippen molar-refractivity contribution in [2.75, 3.05) is 17.7 Å². The van der Waals surface area contributed by atoms with Crippen molar-refractivity contribution in [3.8, 4) is 17.0 Å². The molecule has 1 aliphatic rings. The summed E-state index contributed by atoms with van der Waals surface area (Å²) in [5.41, 5.74) is 2.72. The number of amides is 1. The molecule has 1 N–H and O–H groups in total. The summed E-state index contributed by atoms with van der Waals surface area (Å²) in [5.74, 6) is 0.957. The van der Waals surface area contributed by atoms with Crippen molar-refractivity contribution >= 4 is 61.5 Å². The number of anilines is 1. The number of rotatable bonds is 9. The monoisotopic (exact) mass is 619 g/mol. The molecule has 216 valence electrons. The fourth-order valence-electron chi connectivity index (χ4n) is 5.17. The van der Waals surface area contributed by atoms with Crippen LogP contribution in [0.3, 0.4) is 0 Å². The Morgan fingerprint density at radius 1 is 1.21 bits per heavy atom. The first kappa shape index (κ1) is 28.4. The highest BCUT2D eigenvalue weighted by molar-refractivity contribution is 7.99. The molecule has 11 heteroatoms. The smallest absolute Gasteiger partial charge is 0.341 e. The van der Waals surface area contributed by atoms with Crippen LogP contribution in [0.2, 0.25) is 0 Å². The topological polar surface area (TPSA) is 103 Å². The maximum atomic E-state index is 13.9. The number of aromatic nitrogens is 2. The van der Waals surface area contributed by atoms with E-state index in [2.05, 4.69) is 12.2 Å². The number of thiophene rings is 2. The van der Waals surface area contributed by atoms with Gasteiger partial charge in [-0.1, -0.05) is 36.9 Å². The van der Waals surface area contributed by atoms with Crippen LogP contribution in [-0.4, -0.2) is 33.8 Å². The molecule has 0 aliphatic heterocycles. The van der Waals surface area contributed by atoms with Gasteiger partial charge in [-0.05, 0) is 61.9 Å². The molecule has 4 aromatic heterocycles. The van der Waals surface area contributed by atoms with Gasteiger partial charge in [0.05, 0.1) is 29.5 Å². The van der Waals surface area contributed by atoms with Gasteiger partial charge in [0.15, 0.2) is 5.16 Å². The van der Waals surface area contributed by atoms with Crippen LogP contribution in [0.1, 0.15) is 47.5 Å². The molecule has 0 saturated heterocycles. The van der Waals surface area contributed by atoms with Crippen LogP contribution in [0.5, 0.6) is 0 Å². The second-order valence-electron chi connectivity index (χ2n) is 10.1. The van der Waals surface area contributed by atoms with Crippen LogP contribution in [-0.2, 0) is 22.4 Å².